The van der Waals surface area contributed by atoms with Crippen LogP contribution in [0.15, 0.2) is 30.3 Å². The topological polar surface area (TPSA) is 15.3 Å². The summed E-state index contributed by atoms with van der Waals surface area (Å²) in [5.41, 5.74) is 1.49. The van der Waals surface area contributed by atoms with Gasteiger partial charge in [-0.15, -0.1) is 0 Å². The average Bonchev–Trinajstić information content (AvgIpc) is 2.46. The van der Waals surface area contributed by atoms with E-state index < -0.39 is 0 Å². The first-order chi connectivity index (χ1) is 9.57. The van der Waals surface area contributed by atoms with Gasteiger partial charge in [0.1, 0.15) is 0 Å². The van der Waals surface area contributed by atoms with Crippen molar-refractivity contribution < 1.29 is 0 Å². The third-order valence-corrected chi connectivity index (χ3v) is 4.67. The molecule has 0 spiro atoms. The number of unbranched alkanes of at least 4 members (excludes halogenated alkanes) is 1. The Hall–Kier alpha value is -0.860. The molecule has 1 heterocycles. The minimum Gasteiger partial charge on any atom is -0.305 e. The molecule has 20 heavy (non-hydrogen) atoms. The summed E-state index contributed by atoms with van der Waals surface area (Å²) < 4.78 is 0. The van der Waals surface area contributed by atoms with E-state index in [2.05, 4.69) is 68.2 Å². The van der Waals surface area contributed by atoms with E-state index in [4.69, 9.17) is 0 Å². The largest absolute Gasteiger partial charge is 0.305 e. The fourth-order valence-electron chi connectivity index (χ4n) is 3.30. The smallest absolute Gasteiger partial charge is 0.0535 e. The van der Waals surface area contributed by atoms with E-state index in [1.54, 1.807) is 0 Å². The fraction of sp³-hybridized carbons (Fsp3) is 0.667. The zero-order chi connectivity index (χ0) is 14.6. The van der Waals surface area contributed by atoms with Crippen LogP contribution in [0.5, 0.6) is 0 Å². The maximum atomic E-state index is 3.81. The van der Waals surface area contributed by atoms with Crippen LogP contribution in [0.3, 0.4) is 0 Å². The van der Waals surface area contributed by atoms with Gasteiger partial charge in [0.25, 0.3) is 0 Å². The first kappa shape index (κ1) is 15.5. The average molecular weight is 274 g/mol. The summed E-state index contributed by atoms with van der Waals surface area (Å²) in [6.45, 7) is 12.7. The molecule has 1 N–H and O–H groups in total. The number of nitrogens with zero attached hydrogens (tertiary/aromatic N) is 1. The summed E-state index contributed by atoms with van der Waals surface area (Å²) in [5.74, 6) is 0.708. The van der Waals surface area contributed by atoms with Crippen LogP contribution in [0, 0.1) is 5.92 Å². The zero-order valence-corrected chi connectivity index (χ0v) is 13.5. The lowest BCUT2D eigenvalue weighted by Crippen LogP contribution is -2.62. The van der Waals surface area contributed by atoms with Crippen molar-refractivity contribution in [1.82, 2.24) is 10.2 Å². The van der Waals surface area contributed by atoms with Crippen LogP contribution < -0.4 is 5.32 Å². The second-order valence-corrected chi connectivity index (χ2v) is 6.71. The molecule has 2 atom stereocenters. The van der Waals surface area contributed by atoms with Crippen molar-refractivity contribution >= 4 is 0 Å². The minimum absolute atomic E-state index is 0.0837. The highest BCUT2D eigenvalue weighted by molar-refractivity contribution is 5.25. The first-order valence-electron chi connectivity index (χ1n) is 8.11. The van der Waals surface area contributed by atoms with Crippen LogP contribution in [0.25, 0.3) is 0 Å². The highest BCUT2D eigenvalue weighted by Gasteiger charge is 2.37. The van der Waals surface area contributed by atoms with E-state index in [9.17, 15) is 0 Å². The van der Waals surface area contributed by atoms with Gasteiger partial charge in [-0.1, -0.05) is 57.5 Å². The molecule has 0 radical (unpaired) electrons. The summed E-state index contributed by atoms with van der Waals surface area (Å²) in [6.07, 6.45) is 2.57. The Bertz CT molecular complexity index is 401. The zero-order valence-electron chi connectivity index (χ0n) is 13.5. The number of hydrogen-bond donors (Lipinski definition) is 1. The van der Waals surface area contributed by atoms with E-state index >= 15 is 0 Å². The van der Waals surface area contributed by atoms with Gasteiger partial charge < -0.3 is 5.32 Å². The van der Waals surface area contributed by atoms with Gasteiger partial charge >= 0.3 is 0 Å². The van der Waals surface area contributed by atoms with Crippen molar-refractivity contribution in [2.45, 2.75) is 52.1 Å². The molecule has 1 aliphatic rings. The molecule has 1 saturated heterocycles. The Labute approximate surface area is 124 Å². The third kappa shape index (κ3) is 3.42. The van der Waals surface area contributed by atoms with Crippen LogP contribution >= 0.6 is 0 Å². The molecule has 1 aliphatic heterocycles. The van der Waals surface area contributed by atoms with Crippen LogP contribution in [0.1, 0.15) is 46.1 Å². The Balaban J connectivity index is 2.15. The Morgan fingerprint density at radius 2 is 2.00 bits per heavy atom. The molecule has 0 aromatic heterocycles. The molecule has 2 rings (SSSR count). The lowest BCUT2D eigenvalue weighted by atomic mass is 9.86. The number of benzene rings is 1. The second-order valence-electron chi connectivity index (χ2n) is 6.71. The van der Waals surface area contributed by atoms with E-state index in [0.29, 0.717) is 12.0 Å². The fourth-order valence-corrected chi connectivity index (χ4v) is 3.30. The van der Waals surface area contributed by atoms with E-state index in [0.717, 1.165) is 13.1 Å². The van der Waals surface area contributed by atoms with Gasteiger partial charge in [-0.05, 0) is 31.4 Å². The molecule has 112 valence electrons. The Kier molecular flexibility index (Phi) is 5.22. The standard InChI is InChI=1S/C18H30N2/c1-5-6-12-20-14-18(4,16-10-8-7-9-11-16)19-13-17(20)15(2)3/h7-11,15,17,19H,5-6,12-14H2,1-4H3. The van der Waals surface area contributed by atoms with Crippen molar-refractivity contribution in [1.29, 1.82) is 0 Å². The normalized spacial score (nSPS) is 27.9. The van der Waals surface area contributed by atoms with Gasteiger partial charge in [-0.25, -0.2) is 0 Å². The maximum Gasteiger partial charge on any atom is 0.0535 e. The first-order valence-corrected chi connectivity index (χ1v) is 8.11. The molecule has 2 heteroatoms. The monoisotopic (exact) mass is 274 g/mol. The third-order valence-electron chi connectivity index (χ3n) is 4.67. The predicted octanol–water partition coefficient (Wildman–Crippen LogP) is 3.63. The number of hydrogen-bond acceptors (Lipinski definition) is 2. The van der Waals surface area contributed by atoms with Crippen molar-refractivity contribution in [2.75, 3.05) is 19.6 Å². The predicted molar refractivity (Wildman–Crippen MR) is 86.9 cm³/mol. The van der Waals surface area contributed by atoms with Gasteiger partial charge in [-0.3, -0.25) is 4.90 Å². The molecule has 0 bridgehead atoms. The molecule has 2 unspecified atom stereocenters. The van der Waals surface area contributed by atoms with Crippen molar-refractivity contribution in [2.24, 2.45) is 5.92 Å². The summed E-state index contributed by atoms with van der Waals surface area (Å²) in [4.78, 5) is 2.71. The van der Waals surface area contributed by atoms with E-state index in [1.165, 1.54) is 24.9 Å². The van der Waals surface area contributed by atoms with Crippen LogP contribution in [0.4, 0.5) is 0 Å². The second kappa shape index (κ2) is 6.73. The van der Waals surface area contributed by atoms with Gasteiger partial charge in [0.15, 0.2) is 0 Å². The van der Waals surface area contributed by atoms with Crippen molar-refractivity contribution in [3.63, 3.8) is 0 Å². The summed E-state index contributed by atoms with van der Waals surface area (Å²) in [5, 5.41) is 3.81. The number of piperazine rings is 1. The lowest BCUT2D eigenvalue weighted by molar-refractivity contribution is 0.0598. The molecule has 0 saturated carbocycles. The SMILES string of the molecule is CCCCN1CC(C)(c2ccccc2)NCC1C(C)C. The summed E-state index contributed by atoms with van der Waals surface area (Å²) in [7, 11) is 0. The summed E-state index contributed by atoms with van der Waals surface area (Å²) >= 11 is 0. The molecule has 0 aliphatic carbocycles. The molecule has 1 fully saturated rings. The van der Waals surface area contributed by atoms with E-state index in [-0.39, 0.29) is 5.54 Å². The maximum absolute atomic E-state index is 3.81. The number of nitrogens with one attached hydrogen (secondary N) is 1. The molecule has 2 nitrogen and oxygen atoms in total. The van der Waals surface area contributed by atoms with Crippen LogP contribution in [-0.2, 0) is 5.54 Å². The molecular weight excluding hydrogens is 244 g/mol. The van der Waals surface area contributed by atoms with Crippen LogP contribution in [-0.4, -0.2) is 30.6 Å². The molecule has 0 amide bonds. The molecule has 1 aromatic carbocycles. The summed E-state index contributed by atoms with van der Waals surface area (Å²) in [6, 6.07) is 11.6. The molecule has 1 aromatic rings. The minimum atomic E-state index is 0.0837. The lowest BCUT2D eigenvalue weighted by Gasteiger charge is -2.48. The molecular formula is C18H30N2. The highest BCUT2D eigenvalue weighted by atomic mass is 15.3. The van der Waals surface area contributed by atoms with Crippen LogP contribution in [0.2, 0.25) is 0 Å². The van der Waals surface area contributed by atoms with Crippen molar-refractivity contribution in [3.8, 4) is 0 Å². The Morgan fingerprint density at radius 1 is 1.30 bits per heavy atom. The number of rotatable bonds is 5. The van der Waals surface area contributed by atoms with Gasteiger partial charge in [0.2, 0.25) is 0 Å². The highest BCUT2D eigenvalue weighted by Crippen LogP contribution is 2.28. The van der Waals surface area contributed by atoms with Crippen molar-refractivity contribution in [3.05, 3.63) is 35.9 Å². The van der Waals surface area contributed by atoms with Gasteiger partial charge in [-0.2, -0.15) is 0 Å². The van der Waals surface area contributed by atoms with Gasteiger partial charge in [0.05, 0.1) is 5.54 Å². The quantitative estimate of drug-likeness (QED) is 0.882. The Morgan fingerprint density at radius 3 is 2.60 bits per heavy atom. The van der Waals surface area contributed by atoms with Gasteiger partial charge in [0, 0.05) is 19.1 Å². The van der Waals surface area contributed by atoms with E-state index in [1.807, 2.05) is 0 Å².